The third kappa shape index (κ3) is 3.69. The summed E-state index contributed by atoms with van der Waals surface area (Å²) in [5.41, 5.74) is 0.837. The summed E-state index contributed by atoms with van der Waals surface area (Å²) in [4.78, 5) is 28.4. The highest BCUT2D eigenvalue weighted by molar-refractivity contribution is 8.03. The number of allylic oxidation sites excluding steroid dienone is 6. The van der Waals surface area contributed by atoms with Gasteiger partial charge in [-0.1, -0.05) is 42.1 Å². The summed E-state index contributed by atoms with van der Waals surface area (Å²) in [5, 5.41) is -1.09. The topological polar surface area (TPSA) is 68.3 Å². The molecule has 4 nitrogen and oxygen atoms in total. The van der Waals surface area contributed by atoms with Crippen molar-refractivity contribution in [1.82, 2.24) is 0 Å². The summed E-state index contributed by atoms with van der Waals surface area (Å²) in [6.45, 7) is 1.64. The summed E-state index contributed by atoms with van der Waals surface area (Å²) >= 11 is 7.86. The standard InChI is InChI=1S/C22H19ClO4S2/c1-12-7-10-16(18(23)22(12)29(26)27)20(25)17-19(24)13-8-9-14(11-13)21(17)28-15-5-3-2-4-6-15/h2-7,10,13-14,18H,8-9,11H2,1H3. The fraction of sp³-hybridized carbons (Fsp3) is 0.318. The van der Waals surface area contributed by atoms with E-state index in [0.29, 0.717) is 5.57 Å². The number of thioether (sulfide) groups is 1. The van der Waals surface area contributed by atoms with Crippen LogP contribution in [0.1, 0.15) is 26.2 Å². The summed E-state index contributed by atoms with van der Waals surface area (Å²) in [7, 11) is -2.54. The number of halogens is 1. The molecule has 3 aliphatic rings. The van der Waals surface area contributed by atoms with Gasteiger partial charge in [0.2, 0.25) is 10.3 Å². The zero-order chi connectivity index (χ0) is 20.7. The predicted molar refractivity (Wildman–Crippen MR) is 116 cm³/mol. The maximum atomic E-state index is 13.5. The maximum absolute atomic E-state index is 13.5. The Bertz CT molecular complexity index is 1120. The van der Waals surface area contributed by atoms with Gasteiger partial charge in [-0.15, -0.1) is 11.6 Å². The first kappa shape index (κ1) is 20.4. The van der Waals surface area contributed by atoms with Crippen LogP contribution in [-0.2, 0) is 19.9 Å². The lowest BCUT2D eigenvalue weighted by molar-refractivity contribution is -0.122. The van der Waals surface area contributed by atoms with Crippen molar-refractivity contribution in [2.75, 3.05) is 0 Å². The summed E-state index contributed by atoms with van der Waals surface area (Å²) in [5.74, 6) is -0.541. The molecule has 0 N–H and O–H groups in total. The van der Waals surface area contributed by atoms with E-state index in [-0.39, 0.29) is 33.6 Å². The van der Waals surface area contributed by atoms with Gasteiger partial charge in [-0.2, -0.15) is 8.42 Å². The van der Waals surface area contributed by atoms with E-state index in [9.17, 15) is 18.0 Å². The smallest absolute Gasteiger partial charge is 0.219 e. The number of hydrogen-bond acceptors (Lipinski definition) is 5. The lowest BCUT2D eigenvalue weighted by Gasteiger charge is -2.26. The van der Waals surface area contributed by atoms with E-state index < -0.39 is 21.5 Å². The number of rotatable bonds is 4. The molecule has 0 radical (unpaired) electrons. The minimum absolute atomic E-state index is 0.0124. The number of benzene rings is 1. The molecule has 4 rings (SSSR count). The molecule has 1 fully saturated rings. The second-order valence-electron chi connectivity index (χ2n) is 7.49. The predicted octanol–water partition coefficient (Wildman–Crippen LogP) is 4.15. The van der Waals surface area contributed by atoms with Crippen LogP contribution in [0.2, 0.25) is 0 Å². The Morgan fingerprint density at radius 1 is 1.10 bits per heavy atom. The van der Waals surface area contributed by atoms with E-state index in [1.54, 1.807) is 19.1 Å². The lowest BCUT2D eigenvalue weighted by atomic mass is 9.82. The molecule has 0 spiro atoms. The van der Waals surface area contributed by atoms with E-state index in [4.69, 9.17) is 11.6 Å². The van der Waals surface area contributed by atoms with Gasteiger partial charge in [-0.3, -0.25) is 9.59 Å². The highest BCUT2D eigenvalue weighted by atomic mass is 35.5. The van der Waals surface area contributed by atoms with Crippen LogP contribution in [0.25, 0.3) is 0 Å². The molecule has 3 unspecified atom stereocenters. The van der Waals surface area contributed by atoms with Gasteiger partial charge in [0.05, 0.1) is 10.4 Å². The van der Waals surface area contributed by atoms with Crippen molar-refractivity contribution >= 4 is 50.1 Å². The van der Waals surface area contributed by atoms with Gasteiger partial charge in [0, 0.05) is 21.3 Å². The Hall–Kier alpha value is -1.89. The third-order valence-corrected chi connectivity index (χ3v) is 8.48. The van der Waals surface area contributed by atoms with Crippen molar-refractivity contribution in [3.05, 3.63) is 64.1 Å². The number of fused-ring (bicyclic) bond motifs is 2. The Balaban J connectivity index is 1.81. The maximum Gasteiger partial charge on any atom is 0.219 e. The van der Waals surface area contributed by atoms with Crippen molar-refractivity contribution < 1.29 is 18.0 Å². The molecule has 29 heavy (non-hydrogen) atoms. The fourth-order valence-electron chi connectivity index (χ4n) is 4.23. The number of carbonyl (C=O) groups is 2. The van der Waals surface area contributed by atoms with Crippen molar-refractivity contribution in [1.29, 1.82) is 0 Å². The number of carbonyl (C=O) groups excluding carboxylic acids is 2. The molecule has 0 aliphatic heterocycles. The van der Waals surface area contributed by atoms with Crippen molar-refractivity contribution in [2.24, 2.45) is 11.8 Å². The van der Waals surface area contributed by atoms with Crippen LogP contribution >= 0.6 is 23.4 Å². The minimum Gasteiger partial charge on any atom is -0.294 e. The second kappa shape index (κ2) is 8.09. The van der Waals surface area contributed by atoms with Crippen LogP contribution in [0.5, 0.6) is 0 Å². The highest BCUT2D eigenvalue weighted by Gasteiger charge is 2.44. The molecule has 0 saturated heterocycles. The van der Waals surface area contributed by atoms with E-state index >= 15 is 0 Å². The average Bonchev–Trinajstić information content (AvgIpc) is 3.13. The molecule has 7 heteroatoms. The van der Waals surface area contributed by atoms with Crippen molar-refractivity contribution in [2.45, 2.75) is 36.5 Å². The number of hydrogen-bond donors (Lipinski definition) is 0. The third-order valence-electron chi connectivity index (χ3n) is 5.71. The van der Waals surface area contributed by atoms with Gasteiger partial charge in [-0.25, -0.2) is 0 Å². The Kier molecular flexibility index (Phi) is 5.69. The average molecular weight is 447 g/mol. The van der Waals surface area contributed by atoms with Crippen LogP contribution in [0.4, 0.5) is 0 Å². The van der Waals surface area contributed by atoms with E-state index in [1.807, 2.05) is 30.3 Å². The molecule has 150 valence electrons. The molecule has 3 aliphatic carbocycles. The second-order valence-corrected chi connectivity index (χ2v) is 9.95. The number of ketones is 2. The van der Waals surface area contributed by atoms with E-state index in [0.717, 1.165) is 29.1 Å². The van der Waals surface area contributed by atoms with Crippen LogP contribution in [0, 0.1) is 11.8 Å². The zero-order valence-electron chi connectivity index (χ0n) is 15.7. The minimum atomic E-state index is -2.54. The molecular weight excluding hydrogens is 428 g/mol. The Morgan fingerprint density at radius 3 is 2.48 bits per heavy atom. The molecule has 2 bridgehead atoms. The van der Waals surface area contributed by atoms with Crippen LogP contribution in [0.15, 0.2) is 69.0 Å². The molecule has 1 aromatic carbocycles. The number of alkyl halides is 1. The summed E-state index contributed by atoms with van der Waals surface area (Å²) in [6, 6.07) is 9.66. The van der Waals surface area contributed by atoms with E-state index in [2.05, 4.69) is 0 Å². The lowest BCUT2D eigenvalue weighted by Crippen LogP contribution is -2.32. The first-order chi connectivity index (χ1) is 13.9. The first-order valence-corrected chi connectivity index (χ1v) is 11.8. The van der Waals surface area contributed by atoms with Crippen LogP contribution in [-0.4, -0.2) is 30.2 Å². The van der Waals surface area contributed by atoms with E-state index in [1.165, 1.54) is 11.8 Å². The van der Waals surface area contributed by atoms with Crippen molar-refractivity contribution in [3.63, 3.8) is 0 Å². The fourth-order valence-corrected chi connectivity index (χ4v) is 6.65. The van der Waals surface area contributed by atoms with Crippen LogP contribution in [0.3, 0.4) is 0 Å². The van der Waals surface area contributed by atoms with Gasteiger partial charge in [0.25, 0.3) is 0 Å². The number of Topliss-reactive ketones (excluding diaryl/α,β-unsaturated/α-hetero) is 2. The largest absolute Gasteiger partial charge is 0.294 e. The normalized spacial score (nSPS) is 26.3. The summed E-state index contributed by atoms with van der Waals surface area (Å²) in [6.07, 6.45) is 5.56. The molecule has 0 heterocycles. The Labute approximate surface area is 180 Å². The molecule has 0 amide bonds. The Morgan fingerprint density at radius 2 is 1.79 bits per heavy atom. The zero-order valence-corrected chi connectivity index (χ0v) is 18.1. The van der Waals surface area contributed by atoms with Gasteiger partial charge < -0.3 is 0 Å². The summed E-state index contributed by atoms with van der Waals surface area (Å²) < 4.78 is 23.2. The molecular formula is C22H19ClO4S2. The molecule has 3 atom stereocenters. The van der Waals surface area contributed by atoms with Crippen molar-refractivity contribution in [3.8, 4) is 0 Å². The van der Waals surface area contributed by atoms with Gasteiger partial charge in [0.1, 0.15) is 5.38 Å². The first-order valence-electron chi connectivity index (χ1n) is 9.43. The monoisotopic (exact) mass is 446 g/mol. The van der Waals surface area contributed by atoms with Gasteiger partial charge >= 0.3 is 0 Å². The molecule has 1 saturated carbocycles. The molecule has 0 aromatic heterocycles. The SMILES string of the molecule is CC1=CC=C(C(=O)C2=C(Sc3ccccc3)C3CCC(C3)C2=O)C(Cl)C1=S(=O)=O. The highest BCUT2D eigenvalue weighted by Crippen LogP contribution is 2.50. The quantitative estimate of drug-likeness (QED) is 0.395. The van der Waals surface area contributed by atoms with Gasteiger partial charge in [-0.05, 0) is 49.8 Å². The molecule has 1 aromatic rings. The van der Waals surface area contributed by atoms with Crippen LogP contribution < -0.4 is 0 Å². The van der Waals surface area contributed by atoms with Gasteiger partial charge in [0.15, 0.2) is 11.6 Å².